The summed E-state index contributed by atoms with van der Waals surface area (Å²) < 4.78 is 6.30. The molecule has 1 aromatic carbocycles. The second-order valence-electron chi connectivity index (χ2n) is 4.07. The van der Waals surface area contributed by atoms with E-state index in [1.807, 2.05) is 0 Å². The van der Waals surface area contributed by atoms with Crippen LogP contribution in [0.2, 0.25) is 5.02 Å². The van der Waals surface area contributed by atoms with E-state index in [2.05, 4.69) is 10.2 Å². The summed E-state index contributed by atoms with van der Waals surface area (Å²) in [6, 6.07) is 3.01. The molecule has 0 unspecified atom stereocenters. The number of ether oxygens (including phenoxy) is 1. The molecular formula is C12H13ClN4O3S. The number of halogens is 1. The van der Waals surface area contributed by atoms with Gasteiger partial charge in [-0.05, 0) is 30.8 Å². The van der Waals surface area contributed by atoms with Crippen LogP contribution in [0.4, 0.5) is 5.69 Å². The Morgan fingerprint density at radius 2 is 2.29 bits per heavy atom. The number of nitrogens with zero attached hydrogens (tertiary/aromatic N) is 2. The number of aromatic nitrogens is 3. The van der Waals surface area contributed by atoms with Crippen molar-refractivity contribution < 1.29 is 9.53 Å². The molecule has 2 aromatic rings. The zero-order valence-electron chi connectivity index (χ0n) is 11.3. The van der Waals surface area contributed by atoms with Crippen LogP contribution in [-0.2, 0) is 11.8 Å². The highest BCUT2D eigenvalue weighted by molar-refractivity contribution is 7.99. The van der Waals surface area contributed by atoms with Crippen molar-refractivity contribution in [1.82, 2.24) is 14.8 Å². The number of H-pyrrole nitrogens is 1. The van der Waals surface area contributed by atoms with Gasteiger partial charge in [-0.15, -0.1) is 5.10 Å². The number of hydrogen-bond donors (Lipinski definition) is 2. The Hall–Kier alpha value is -1.93. The van der Waals surface area contributed by atoms with Crippen LogP contribution in [0.15, 0.2) is 27.0 Å². The Labute approximate surface area is 129 Å². The summed E-state index contributed by atoms with van der Waals surface area (Å²) in [5.41, 5.74) is 5.94. The minimum atomic E-state index is -0.533. The van der Waals surface area contributed by atoms with Crippen molar-refractivity contribution >= 4 is 35.0 Å². The Morgan fingerprint density at radius 3 is 2.86 bits per heavy atom. The van der Waals surface area contributed by atoms with Crippen LogP contribution in [0.25, 0.3) is 0 Å². The van der Waals surface area contributed by atoms with Gasteiger partial charge in [0.05, 0.1) is 17.2 Å². The average molecular weight is 329 g/mol. The van der Waals surface area contributed by atoms with Crippen LogP contribution in [0.3, 0.4) is 0 Å². The molecule has 0 aliphatic heterocycles. The first-order valence-corrected chi connectivity index (χ1v) is 7.18. The fourth-order valence-corrected chi connectivity index (χ4v) is 2.84. The average Bonchev–Trinajstić information content (AvgIpc) is 2.73. The normalized spacial score (nSPS) is 10.6. The van der Waals surface area contributed by atoms with E-state index in [4.69, 9.17) is 22.1 Å². The molecule has 0 aliphatic carbocycles. The predicted octanol–water partition coefficient (Wildman–Crippen LogP) is 1.67. The van der Waals surface area contributed by atoms with Gasteiger partial charge in [-0.25, -0.2) is 14.7 Å². The van der Waals surface area contributed by atoms with Crippen molar-refractivity contribution in [2.24, 2.45) is 7.05 Å². The monoisotopic (exact) mass is 328 g/mol. The molecule has 0 saturated carbocycles. The van der Waals surface area contributed by atoms with Crippen LogP contribution in [0, 0.1) is 0 Å². The summed E-state index contributed by atoms with van der Waals surface area (Å²) in [7, 11) is 1.56. The fraction of sp³-hybridized carbons (Fsp3) is 0.250. The van der Waals surface area contributed by atoms with Crippen molar-refractivity contribution in [3.05, 3.63) is 33.2 Å². The van der Waals surface area contributed by atoms with Gasteiger partial charge in [0.25, 0.3) is 0 Å². The maximum atomic E-state index is 12.0. The quantitative estimate of drug-likeness (QED) is 0.653. The third kappa shape index (κ3) is 3.22. The summed E-state index contributed by atoms with van der Waals surface area (Å²) in [6.45, 7) is 1.94. The van der Waals surface area contributed by atoms with Gasteiger partial charge in [-0.2, -0.15) is 0 Å². The van der Waals surface area contributed by atoms with Gasteiger partial charge in [-0.3, -0.25) is 4.57 Å². The molecule has 2 rings (SSSR count). The molecule has 0 atom stereocenters. The fourth-order valence-electron chi connectivity index (χ4n) is 1.59. The third-order valence-corrected chi connectivity index (χ3v) is 4.20. The first kappa shape index (κ1) is 15.5. The topological polar surface area (TPSA) is 103 Å². The molecule has 112 valence electrons. The molecule has 0 spiro atoms. The molecule has 0 amide bonds. The van der Waals surface area contributed by atoms with Gasteiger partial charge < -0.3 is 10.5 Å². The largest absolute Gasteiger partial charge is 0.462 e. The van der Waals surface area contributed by atoms with E-state index in [1.165, 1.54) is 16.7 Å². The molecule has 0 aliphatic rings. The molecule has 21 heavy (non-hydrogen) atoms. The molecule has 0 radical (unpaired) electrons. The number of benzene rings is 1. The summed E-state index contributed by atoms with van der Waals surface area (Å²) >= 11 is 7.24. The smallest absolute Gasteiger partial charge is 0.343 e. The molecule has 3 N–H and O–H groups in total. The van der Waals surface area contributed by atoms with Crippen LogP contribution in [0.5, 0.6) is 0 Å². The third-order valence-electron chi connectivity index (χ3n) is 2.59. The van der Waals surface area contributed by atoms with E-state index in [0.29, 0.717) is 20.8 Å². The van der Waals surface area contributed by atoms with E-state index < -0.39 is 5.97 Å². The molecular weight excluding hydrogens is 316 g/mol. The number of esters is 1. The summed E-state index contributed by atoms with van der Waals surface area (Å²) in [6.07, 6.45) is 0. The Kier molecular flexibility index (Phi) is 4.59. The molecule has 9 heteroatoms. The maximum Gasteiger partial charge on any atom is 0.343 e. The highest BCUT2D eigenvalue weighted by Crippen LogP contribution is 2.36. The highest BCUT2D eigenvalue weighted by atomic mass is 35.5. The van der Waals surface area contributed by atoms with E-state index in [9.17, 15) is 9.59 Å². The molecule has 1 heterocycles. The number of anilines is 1. The number of carbonyl (C=O) groups is 1. The Morgan fingerprint density at radius 1 is 1.57 bits per heavy atom. The van der Waals surface area contributed by atoms with Crippen LogP contribution < -0.4 is 11.4 Å². The van der Waals surface area contributed by atoms with Crippen molar-refractivity contribution in [2.45, 2.75) is 17.0 Å². The predicted molar refractivity (Wildman–Crippen MR) is 79.8 cm³/mol. The number of carbonyl (C=O) groups excluding carboxylic acids is 1. The minimum absolute atomic E-state index is 0.232. The van der Waals surface area contributed by atoms with Gasteiger partial charge in [0, 0.05) is 17.6 Å². The SMILES string of the molecule is CCOC(=O)c1cc(N)cc(Cl)c1Sc1n[nH]c(=O)n1C. The van der Waals surface area contributed by atoms with Crippen molar-refractivity contribution in [3.63, 3.8) is 0 Å². The molecule has 0 bridgehead atoms. The van der Waals surface area contributed by atoms with Crippen molar-refractivity contribution in [2.75, 3.05) is 12.3 Å². The molecule has 1 aromatic heterocycles. The lowest BCUT2D eigenvalue weighted by Crippen LogP contribution is -2.13. The Bertz CT molecular complexity index is 741. The number of nitrogens with one attached hydrogen (secondary N) is 1. The van der Waals surface area contributed by atoms with Gasteiger partial charge in [0.2, 0.25) is 0 Å². The van der Waals surface area contributed by atoms with Crippen LogP contribution >= 0.6 is 23.4 Å². The van der Waals surface area contributed by atoms with Crippen LogP contribution in [-0.4, -0.2) is 27.3 Å². The first-order valence-electron chi connectivity index (χ1n) is 5.99. The van der Waals surface area contributed by atoms with Crippen molar-refractivity contribution in [3.8, 4) is 0 Å². The Balaban J connectivity index is 2.49. The number of hydrogen-bond acceptors (Lipinski definition) is 6. The molecule has 0 saturated heterocycles. The summed E-state index contributed by atoms with van der Waals surface area (Å²) in [5.74, 6) is -0.533. The van der Waals surface area contributed by atoms with E-state index >= 15 is 0 Å². The van der Waals surface area contributed by atoms with Gasteiger partial charge >= 0.3 is 11.7 Å². The van der Waals surface area contributed by atoms with Crippen molar-refractivity contribution in [1.29, 1.82) is 0 Å². The van der Waals surface area contributed by atoms with Gasteiger partial charge in [0.1, 0.15) is 0 Å². The zero-order valence-corrected chi connectivity index (χ0v) is 12.9. The highest BCUT2D eigenvalue weighted by Gasteiger charge is 2.20. The van der Waals surface area contributed by atoms with Gasteiger partial charge in [-0.1, -0.05) is 11.6 Å². The summed E-state index contributed by atoms with van der Waals surface area (Å²) in [5, 5.41) is 6.84. The lowest BCUT2D eigenvalue weighted by Gasteiger charge is -2.11. The molecule has 7 nitrogen and oxygen atoms in total. The maximum absolute atomic E-state index is 12.0. The lowest BCUT2D eigenvalue weighted by atomic mass is 10.2. The van der Waals surface area contributed by atoms with E-state index in [-0.39, 0.29) is 17.9 Å². The van der Waals surface area contributed by atoms with Crippen LogP contribution in [0.1, 0.15) is 17.3 Å². The van der Waals surface area contributed by atoms with E-state index in [0.717, 1.165) is 11.8 Å². The number of nitrogens with two attached hydrogens (primary N) is 1. The number of rotatable bonds is 4. The number of nitrogen functional groups attached to an aromatic ring is 1. The van der Waals surface area contributed by atoms with Gasteiger partial charge in [0.15, 0.2) is 5.16 Å². The second-order valence-corrected chi connectivity index (χ2v) is 5.46. The first-order chi connectivity index (χ1) is 9.93. The van der Waals surface area contributed by atoms with E-state index in [1.54, 1.807) is 14.0 Å². The molecule has 0 fully saturated rings. The standard InChI is InChI=1S/C12H13ClN4O3S/c1-3-20-10(18)7-4-6(14)5-8(13)9(7)21-12-16-15-11(19)17(12)2/h4-5H,3,14H2,1-2H3,(H,15,19). The lowest BCUT2D eigenvalue weighted by molar-refractivity contribution is 0.0522. The minimum Gasteiger partial charge on any atom is -0.462 e. The number of aromatic amines is 1. The summed E-state index contributed by atoms with van der Waals surface area (Å²) in [4.78, 5) is 23.8. The second kappa shape index (κ2) is 6.23. The zero-order chi connectivity index (χ0) is 15.6.